The minimum Gasteiger partial charge on any atom is -0.476 e. The summed E-state index contributed by atoms with van der Waals surface area (Å²) in [6, 6.07) is 4.89. The molecule has 0 saturated carbocycles. The number of aromatic carboxylic acids is 1. The number of aromatic nitrogens is 3. The van der Waals surface area contributed by atoms with Crippen LogP contribution in [0.5, 0.6) is 0 Å². The summed E-state index contributed by atoms with van der Waals surface area (Å²) in [6.45, 7) is 0. The molecule has 2 heterocycles. The molecule has 0 aliphatic rings. The number of nitrogens with zero attached hydrogens (tertiary/aromatic N) is 3. The highest BCUT2D eigenvalue weighted by Gasteiger charge is 2.17. The van der Waals surface area contributed by atoms with Gasteiger partial charge in [0.05, 0.1) is 11.3 Å². The number of hydrogen-bond acceptors (Lipinski definition) is 3. The van der Waals surface area contributed by atoms with Gasteiger partial charge >= 0.3 is 5.97 Å². The molecule has 3 rings (SSSR count). The van der Waals surface area contributed by atoms with Crippen LogP contribution >= 0.6 is 0 Å². The van der Waals surface area contributed by atoms with E-state index in [1.165, 1.54) is 28.9 Å². The van der Waals surface area contributed by atoms with Crippen molar-refractivity contribution in [3.63, 3.8) is 0 Å². The van der Waals surface area contributed by atoms with Crippen LogP contribution in [0.2, 0.25) is 0 Å². The minimum absolute atomic E-state index is 0.0579. The van der Waals surface area contributed by atoms with Crippen LogP contribution in [0.1, 0.15) is 10.5 Å². The van der Waals surface area contributed by atoms with E-state index in [9.17, 15) is 13.6 Å². The summed E-state index contributed by atoms with van der Waals surface area (Å²) in [4.78, 5) is 18.5. The topological polar surface area (TPSA) is 67.5 Å². The van der Waals surface area contributed by atoms with E-state index in [2.05, 4.69) is 9.97 Å². The number of hydrogen-bond donors (Lipinski definition) is 1. The highest BCUT2D eigenvalue weighted by atomic mass is 19.1. The third kappa shape index (κ3) is 1.80. The first kappa shape index (κ1) is 12.2. The van der Waals surface area contributed by atoms with Gasteiger partial charge in [0.1, 0.15) is 11.6 Å². The van der Waals surface area contributed by atoms with Crippen LogP contribution in [-0.4, -0.2) is 25.4 Å². The van der Waals surface area contributed by atoms with E-state index in [-0.39, 0.29) is 22.7 Å². The van der Waals surface area contributed by atoms with Gasteiger partial charge in [-0.25, -0.2) is 23.5 Å². The molecule has 0 spiro atoms. The number of carboxylic acids is 1. The van der Waals surface area contributed by atoms with Crippen molar-refractivity contribution in [1.82, 2.24) is 14.4 Å². The van der Waals surface area contributed by atoms with E-state index in [0.717, 1.165) is 12.1 Å². The Balaban J connectivity index is 2.34. The van der Waals surface area contributed by atoms with Gasteiger partial charge in [0.15, 0.2) is 5.69 Å². The predicted molar refractivity (Wildman–Crippen MR) is 65.3 cm³/mol. The molecule has 0 amide bonds. The summed E-state index contributed by atoms with van der Waals surface area (Å²) in [5.74, 6) is -2.68. The largest absolute Gasteiger partial charge is 0.476 e. The van der Waals surface area contributed by atoms with Crippen molar-refractivity contribution in [3.8, 4) is 11.3 Å². The van der Waals surface area contributed by atoms with Crippen LogP contribution in [0.4, 0.5) is 8.78 Å². The predicted octanol–water partition coefficient (Wildman–Crippen LogP) is 2.37. The first-order valence-corrected chi connectivity index (χ1v) is 5.59. The summed E-state index contributed by atoms with van der Waals surface area (Å²) in [5, 5.41) is 8.90. The van der Waals surface area contributed by atoms with Crippen molar-refractivity contribution in [2.24, 2.45) is 0 Å². The quantitative estimate of drug-likeness (QED) is 0.779. The van der Waals surface area contributed by atoms with E-state index in [1.807, 2.05) is 0 Å². The van der Waals surface area contributed by atoms with Gasteiger partial charge in [0, 0.05) is 12.4 Å². The number of imidazole rings is 1. The van der Waals surface area contributed by atoms with Gasteiger partial charge in [-0.3, -0.25) is 4.40 Å². The lowest BCUT2D eigenvalue weighted by Gasteiger charge is -2.07. The number of carbonyl (C=O) groups is 1. The van der Waals surface area contributed by atoms with E-state index in [4.69, 9.17) is 5.11 Å². The minimum atomic E-state index is -1.24. The van der Waals surface area contributed by atoms with Crippen LogP contribution in [0, 0.1) is 11.6 Å². The summed E-state index contributed by atoms with van der Waals surface area (Å²) >= 11 is 0. The van der Waals surface area contributed by atoms with Gasteiger partial charge in [0.2, 0.25) is 5.78 Å². The summed E-state index contributed by atoms with van der Waals surface area (Å²) < 4.78 is 28.9. The first-order chi connectivity index (χ1) is 9.58. The molecule has 1 aromatic carbocycles. The molecule has 2 aromatic heterocycles. The monoisotopic (exact) mass is 275 g/mol. The molecule has 0 aliphatic heterocycles. The third-order valence-corrected chi connectivity index (χ3v) is 2.81. The van der Waals surface area contributed by atoms with Crippen LogP contribution in [-0.2, 0) is 0 Å². The molecule has 0 aliphatic carbocycles. The Morgan fingerprint density at radius 2 is 1.90 bits per heavy atom. The standard InChI is InChI=1S/C13H7F2N3O2/c14-7-2-1-3-8(15)11(7)10-4-5-16-13-17-9(12(19)20)6-18(10)13/h1-6H,(H,19,20). The number of halogens is 2. The Bertz CT molecular complexity index is 809. The van der Waals surface area contributed by atoms with Gasteiger partial charge in [-0.1, -0.05) is 6.07 Å². The van der Waals surface area contributed by atoms with Crippen molar-refractivity contribution in [2.45, 2.75) is 0 Å². The third-order valence-electron chi connectivity index (χ3n) is 2.81. The molecule has 0 radical (unpaired) electrons. The second-order valence-corrected chi connectivity index (χ2v) is 4.03. The Labute approximate surface area is 111 Å². The smallest absolute Gasteiger partial charge is 0.356 e. The Morgan fingerprint density at radius 1 is 1.20 bits per heavy atom. The van der Waals surface area contributed by atoms with Gasteiger partial charge in [-0.15, -0.1) is 0 Å². The number of fused-ring (bicyclic) bond motifs is 1. The lowest BCUT2D eigenvalue weighted by molar-refractivity contribution is 0.0691. The van der Waals surface area contributed by atoms with Gasteiger partial charge in [-0.05, 0) is 18.2 Å². The normalized spacial score (nSPS) is 10.9. The van der Waals surface area contributed by atoms with E-state index in [0.29, 0.717) is 0 Å². The van der Waals surface area contributed by atoms with Crippen LogP contribution in [0.15, 0.2) is 36.7 Å². The van der Waals surface area contributed by atoms with Gasteiger partial charge < -0.3 is 5.11 Å². The van der Waals surface area contributed by atoms with Crippen molar-refractivity contribution in [2.75, 3.05) is 0 Å². The number of carboxylic acid groups (broad SMARTS) is 1. The second-order valence-electron chi connectivity index (χ2n) is 4.03. The fourth-order valence-electron chi connectivity index (χ4n) is 1.94. The van der Waals surface area contributed by atoms with Crippen LogP contribution in [0.3, 0.4) is 0 Å². The van der Waals surface area contributed by atoms with E-state index in [1.54, 1.807) is 0 Å². The lowest BCUT2D eigenvalue weighted by atomic mass is 10.1. The molecule has 0 unspecified atom stereocenters. The molecule has 7 heteroatoms. The Hall–Kier alpha value is -2.83. The SMILES string of the molecule is O=C(O)c1cn2c(-c3c(F)cccc3F)ccnc2n1. The Morgan fingerprint density at radius 3 is 2.55 bits per heavy atom. The molecule has 100 valence electrons. The zero-order valence-corrected chi connectivity index (χ0v) is 9.92. The second kappa shape index (κ2) is 4.37. The molecule has 0 bridgehead atoms. The molecular weight excluding hydrogens is 268 g/mol. The van der Waals surface area contributed by atoms with Gasteiger partial charge in [0.25, 0.3) is 0 Å². The zero-order chi connectivity index (χ0) is 14.3. The maximum absolute atomic E-state index is 13.8. The van der Waals surface area contributed by atoms with Crippen molar-refractivity contribution >= 4 is 11.7 Å². The summed E-state index contributed by atoms with van der Waals surface area (Å²) in [5.41, 5.74) is -0.360. The summed E-state index contributed by atoms with van der Waals surface area (Å²) in [7, 11) is 0. The molecule has 0 fully saturated rings. The fourth-order valence-corrected chi connectivity index (χ4v) is 1.94. The molecular formula is C13H7F2N3O2. The average Bonchev–Trinajstić information content (AvgIpc) is 2.83. The fraction of sp³-hybridized carbons (Fsp3) is 0. The van der Waals surface area contributed by atoms with Crippen molar-refractivity contribution in [3.05, 3.63) is 54.0 Å². The molecule has 20 heavy (non-hydrogen) atoms. The first-order valence-electron chi connectivity index (χ1n) is 5.59. The molecule has 0 saturated heterocycles. The van der Waals surface area contributed by atoms with Crippen molar-refractivity contribution < 1.29 is 18.7 Å². The van der Waals surface area contributed by atoms with E-state index >= 15 is 0 Å². The lowest BCUT2D eigenvalue weighted by Crippen LogP contribution is -1.97. The zero-order valence-electron chi connectivity index (χ0n) is 9.92. The van der Waals surface area contributed by atoms with Gasteiger partial charge in [-0.2, -0.15) is 0 Å². The highest BCUT2D eigenvalue weighted by molar-refractivity contribution is 5.86. The molecule has 1 N–H and O–H groups in total. The molecule has 0 atom stereocenters. The van der Waals surface area contributed by atoms with Crippen molar-refractivity contribution in [1.29, 1.82) is 0 Å². The van der Waals surface area contributed by atoms with Crippen LogP contribution in [0.25, 0.3) is 17.0 Å². The highest BCUT2D eigenvalue weighted by Crippen LogP contribution is 2.26. The molecule has 5 nitrogen and oxygen atoms in total. The molecule has 3 aromatic rings. The maximum Gasteiger partial charge on any atom is 0.356 e. The maximum atomic E-state index is 13.8. The number of benzene rings is 1. The van der Waals surface area contributed by atoms with E-state index < -0.39 is 17.6 Å². The average molecular weight is 275 g/mol. The Kier molecular flexibility index (Phi) is 2.67. The summed E-state index contributed by atoms with van der Waals surface area (Å²) in [6.07, 6.45) is 2.49. The van der Waals surface area contributed by atoms with Crippen LogP contribution < -0.4 is 0 Å². The number of rotatable bonds is 2.